The second-order valence-electron chi connectivity index (χ2n) is 4.28. The quantitative estimate of drug-likeness (QED) is 0.775. The molecule has 3 rings (SSSR count). The number of hydrogen-bond acceptors (Lipinski definition) is 4. The predicted octanol–water partition coefficient (Wildman–Crippen LogP) is 2.88. The summed E-state index contributed by atoms with van der Waals surface area (Å²) in [6.45, 7) is 0.0601. The molecule has 0 fully saturated rings. The molecule has 0 bridgehead atoms. The van der Waals surface area contributed by atoms with Crippen molar-refractivity contribution in [3.05, 3.63) is 36.0 Å². The molecule has 3 heterocycles. The number of fused-ring (bicyclic) bond motifs is 1. The zero-order chi connectivity index (χ0) is 13.9. The molecule has 6 heteroatoms. The first-order valence-electron chi connectivity index (χ1n) is 6.07. The molecule has 0 atom stereocenters. The highest BCUT2D eigenvalue weighted by atomic mass is 32.1. The van der Waals surface area contributed by atoms with Gasteiger partial charge in [0.1, 0.15) is 12.3 Å². The highest BCUT2D eigenvalue weighted by Crippen LogP contribution is 2.32. The minimum absolute atomic E-state index is 0.0601. The first-order chi connectivity index (χ1) is 9.78. The molecule has 102 valence electrons. The summed E-state index contributed by atoms with van der Waals surface area (Å²) >= 11 is 1.49. The van der Waals surface area contributed by atoms with Crippen LogP contribution < -0.4 is 5.32 Å². The summed E-state index contributed by atoms with van der Waals surface area (Å²) < 4.78 is 4.79. The van der Waals surface area contributed by atoms with E-state index in [1.165, 1.54) is 18.4 Å². The van der Waals surface area contributed by atoms with Crippen LogP contribution in [0.3, 0.4) is 0 Å². The summed E-state index contributed by atoms with van der Waals surface area (Å²) in [5.41, 5.74) is 3.02. The number of H-pyrrole nitrogens is 1. The van der Waals surface area contributed by atoms with Crippen LogP contribution in [0.2, 0.25) is 0 Å². The first kappa shape index (κ1) is 12.8. The van der Waals surface area contributed by atoms with Crippen molar-refractivity contribution >= 4 is 33.3 Å². The summed E-state index contributed by atoms with van der Waals surface area (Å²) in [4.78, 5) is 18.8. The van der Waals surface area contributed by atoms with E-state index < -0.39 is 0 Å². The second-order valence-corrected chi connectivity index (χ2v) is 5.19. The smallest absolute Gasteiger partial charge is 0.250 e. The van der Waals surface area contributed by atoms with Gasteiger partial charge in [0.15, 0.2) is 0 Å². The van der Waals surface area contributed by atoms with Crippen LogP contribution in [-0.4, -0.2) is 29.6 Å². The van der Waals surface area contributed by atoms with Gasteiger partial charge in [-0.15, -0.1) is 11.3 Å². The summed E-state index contributed by atoms with van der Waals surface area (Å²) in [5.74, 6) is -0.151. The van der Waals surface area contributed by atoms with E-state index in [0.717, 1.165) is 27.2 Å². The standard InChI is InChI=1S/C14H13N3O2S/c1-19-7-12(18)17-13-6-9(8-20-13)10-2-4-15-14-11(10)3-5-16-14/h2-6,8H,7H2,1H3,(H,15,16)(H,17,18). The number of rotatable bonds is 4. The van der Waals surface area contributed by atoms with Gasteiger partial charge in [0.25, 0.3) is 5.91 Å². The van der Waals surface area contributed by atoms with Crippen molar-refractivity contribution in [3.63, 3.8) is 0 Å². The minimum atomic E-state index is -0.151. The van der Waals surface area contributed by atoms with Gasteiger partial charge in [-0.05, 0) is 29.3 Å². The minimum Gasteiger partial charge on any atom is -0.375 e. The van der Waals surface area contributed by atoms with Gasteiger partial charge in [0.2, 0.25) is 0 Å². The monoisotopic (exact) mass is 287 g/mol. The van der Waals surface area contributed by atoms with Crippen LogP contribution in [0.4, 0.5) is 5.00 Å². The maximum atomic E-state index is 11.5. The summed E-state index contributed by atoms with van der Waals surface area (Å²) in [7, 11) is 1.50. The van der Waals surface area contributed by atoms with Gasteiger partial charge in [-0.1, -0.05) is 0 Å². The fourth-order valence-electron chi connectivity index (χ4n) is 2.06. The second kappa shape index (κ2) is 5.44. The van der Waals surface area contributed by atoms with E-state index in [1.54, 1.807) is 6.20 Å². The van der Waals surface area contributed by atoms with Gasteiger partial charge in [-0.3, -0.25) is 4.79 Å². The normalized spacial score (nSPS) is 10.8. The molecule has 20 heavy (non-hydrogen) atoms. The van der Waals surface area contributed by atoms with E-state index in [-0.39, 0.29) is 12.5 Å². The van der Waals surface area contributed by atoms with E-state index in [0.29, 0.717) is 0 Å². The average molecular weight is 287 g/mol. The van der Waals surface area contributed by atoms with E-state index in [2.05, 4.69) is 15.3 Å². The average Bonchev–Trinajstić information content (AvgIpc) is 3.06. The Kier molecular flexibility index (Phi) is 3.49. The number of nitrogens with zero attached hydrogens (tertiary/aromatic N) is 1. The van der Waals surface area contributed by atoms with Crippen LogP contribution >= 0.6 is 11.3 Å². The Labute approximate surface area is 119 Å². The van der Waals surface area contributed by atoms with Crippen LogP contribution in [0.1, 0.15) is 0 Å². The van der Waals surface area contributed by atoms with Crippen molar-refractivity contribution in [2.75, 3.05) is 19.0 Å². The molecule has 5 nitrogen and oxygen atoms in total. The number of methoxy groups -OCH3 is 1. The Balaban J connectivity index is 1.90. The number of amides is 1. The Morgan fingerprint density at radius 2 is 2.40 bits per heavy atom. The highest BCUT2D eigenvalue weighted by molar-refractivity contribution is 7.14. The van der Waals surface area contributed by atoms with Gasteiger partial charge in [0.05, 0.1) is 5.00 Å². The molecule has 3 aromatic heterocycles. The van der Waals surface area contributed by atoms with Gasteiger partial charge in [0, 0.05) is 30.3 Å². The molecule has 0 unspecified atom stereocenters. The van der Waals surface area contributed by atoms with E-state index in [1.807, 2.05) is 29.8 Å². The van der Waals surface area contributed by atoms with Crippen molar-refractivity contribution in [1.29, 1.82) is 0 Å². The molecule has 3 aromatic rings. The topological polar surface area (TPSA) is 67.0 Å². The van der Waals surface area contributed by atoms with E-state index >= 15 is 0 Å². The number of carbonyl (C=O) groups is 1. The first-order valence-corrected chi connectivity index (χ1v) is 6.95. The van der Waals surface area contributed by atoms with Crippen molar-refractivity contribution in [2.24, 2.45) is 0 Å². The number of hydrogen-bond donors (Lipinski definition) is 2. The molecule has 0 saturated carbocycles. The molecular weight excluding hydrogens is 274 g/mol. The van der Waals surface area contributed by atoms with Crippen molar-refractivity contribution in [1.82, 2.24) is 9.97 Å². The van der Waals surface area contributed by atoms with Gasteiger partial charge < -0.3 is 15.0 Å². The van der Waals surface area contributed by atoms with Crippen molar-refractivity contribution in [3.8, 4) is 11.1 Å². The molecule has 1 amide bonds. The van der Waals surface area contributed by atoms with Gasteiger partial charge in [-0.25, -0.2) is 4.98 Å². The number of aromatic amines is 1. The van der Waals surface area contributed by atoms with Crippen LogP contribution in [-0.2, 0) is 9.53 Å². The van der Waals surface area contributed by atoms with Crippen LogP contribution in [0.15, 0.2) is 36.0 Å². The molecule has 0 aromatic carbocycles. The highest BCUT2D eigenvalue weighted by Gasteiger charge is 2.09. The van der Waals surface area contributed by atoms with Gasteiger partial charge in [-0.2, -0.15) is 0 Å². The van der Waals surface area contributed by atoms with E-state index in [4.69, 9.17) is 4.74 Å². The van der Waals surface area contributed by atoms with Gasteiger partial charge >= 0.3 is 0 Å². The fourth-order valence-corrected chi connectivity index (χ4v) is 2.88. The molecule has 0 aliphatic heterocycles. The molecule has 0 aliphatic carbocycles. The Hall–Kier alpha value is -2.18. The SMILES string of the molecule is COCC(=O)Nc1cc(-c2ccnc3[nH]ccc23)cs1. The number of nitrogens with one attached hydrogen (secondary N) is 2. The number of carbonyl (C=O) groups excluding carboxylic acids is 1. The van der Waals surface area contributed by atoms with Crippen LogP contribution in [0.5, 0.6) is 0 Å². The lowest BCUT2D eigenvalue weighted by atomic mass is 10.1. The third-order valence-electron chi connectivity index (χ3n) is 2.91. The molecule has 0 saturated heterocycles. The summed E-state index contributed by atoms with van der Waals surface area (Å²) in [6, 6.07) is 5.93. The molecule has 0 aliphatic rings. The third-order valence-corrected chi connectivity index (χ3v) is 3.75. The number of aromatic nitrogens is 2. The molecule has 0 radical (unpaired) electrons. The van der Waals surface area contributed by atoms with Crippen molar-refractivity contribution < 1.29 is 9.53 Å². The lowest BCUT2D eigenvalue weighted by molar-refractivity contribution is -0.119. The molecule has 2 N–H and O–H groups in total. The largest absolute Gasteiger partial charge is 0.375 e. The van der Waals surface area contributed by atoms with Crippen LogP contribution in [0, 0.1) is 0 Å². The lowest BCUT2D eigenvalue weighted by Crippen LogP contribution is -2.16. The maximum Gasteiger partial charge on any atom is 0.250 e. The number of anilines is 1. The fraction of sp³-hybridized carbons (Fsp3) is 0.143. The molecule has 0 spiro atoms. The zero-order valence-electron chi connectivity index (χ0n) is 10.8. The Bertz CT molecular complexity index is 748. The maximum absolute atomic E-state index is 11.5. The number of ether oxygens (including phenoxy) is 1. The summed E-state index contributed by atoms with van der Waals surface area (Å²) in [6.07, 6.45) is 3.64. The van der Waals surface area contributed by atoms with E-state index in [9.17, 15) is 4.79 Å². The summed E-state index contributed by atoms with van der Waals surface area (Å²) in [5, 5.41) is 6.70. The van der Waals surface area contributed by atoms with Crippen LogP contribution in [0.25, 0.3) is 22.2 Å². The Morgan fingerprint density at radius 3 is 3.25 bits per heavy atom. The number of pyridine rings is 1. The van der Waals surface area contributed by atoms with Crippen molar-refractivity contribution in [2.45, 2.75) is 0 Å². The lowest BCUT2D eigenvalue weighted by Gasteiger charge is -2.01. The Morgan fingerprint density at radius 1 is 1.50 bits per heavy atom. The third kappa shape index (κ3) is 2.43. The molecular formula is C14H13N3O2S. The zero-order valence-corrected chi connectivity index (χ0v) is 11.7. The predicted molar refractivity (Wildman–Crippen MR) is 79.9 cm³/mol. The number of thiophene rings is 1.